The zero-order valence-electron chi connectivity index (χ0n) is 9.62. The van der Waals surface area contributed by atoms with Crippen LogP contribution in [-0.4, -0.2) is 62.9 Å². The number of aliphatic hydroxyl groups excluding tert-OH is 1. The molecule has 0 heterocycles. The van der Waals surface area contributed by atoms with E-state index in [1.807, 2.05) is 0 Å². The molecule has 0 rings (SSSR count). The summed E-state index contributed by atoms with van der Waals surface area (Å²) in [5.41, 5.74) is 0. The highest BCUT2D eigenvalue weighted by Gasteiger charge is 2.08. The molecule has 0 aromatic heterocycles. The summed E-state index contributed by atoms with van der Waals surface area (Å²) in [5.74, 6) is 6.12. The van der Waals surface area contributed by atoms with E-state index in [1.165, 1.54) is 0 Å². The molecule has 1 N–H and O–H groups in total. The molecule has 0 saturated heterocycles. The Morgan fingerprint density at radius 1 is 0.824 bits per heavy atom. The fraction of sp³-hybridized carbons (Fsp3) is 1.00. The van der Waals surface area contributed by atoms with Crippen molar-refractivity contribution in [1.29, 1.82) is 0 Å². The smallest absolute Gasteiger partial charge is 0.0521 e. The zero-order valence-corrected chi connectivity index (χ0v) is 14.3. The summed E-state index contributed by atoms with van der Waals surface area (Å²) in [6.07, 6.45) is 0. The summed E-state index contributed by atoms with van der Waals surface area (Å²) in [5, 5.41) is 8.99. The molecule has 0 saturated carbocycles. The molecule has 0 fully saturated rings. The van der Waals surface area contributed by atoms with E-state index in [9.17, 15) is 0 Å². The summed E-state index contributed by atoms with van der Waals surface area (Å²) >= 11 is 23.2. The number of hydrogen-bond acceptors (Lipinski definition) is 4. The van der Waals surface area contributed by atoms with E-state index in [1.54, 1.807) is 35.3 Å². The lowest BCUT2D eigenvalue weighted by atomic mass is 10.5. The van der Waals surface area contributed by atoms with E-state index in [0.29, 0.717) is 5.88 Å². The van der Waals surface area contributed by atoms with Crippen molar-refractivity contribution in [1.82, 2.24) is 0 Å². The van der Waals surface area contributed by atoms with Gasteiger partial charge in [-0.1, -0.05) is 0 Å². The number of thioether (sulfide) groups is 3. The number of halogens is 3. The van der Waals surface area contributed by atoms with E-state index in [0.717, 1.165) is 34.5 Å². The number of aliphatic hydroxyl groups is 1. The van der Waals surface area contributed by atoms with Gasteiger partial charge in [-0.3, -0.25) is 0 Å². The Bertz CT molecular complexity index is 150. The fourth-order valence-corrected chi connectivity index (χ4v) is 4.86. The maximum Gasteiger partial charge on any atom is 0.0521 e. The Hall–Kier alpha value is 1.88. The lowest BCUT2D eigenvalue weighted by Gasteiger charge is -2.11. The van der Waals surface area contributed by atoms with E-state index in [-0.39, 0.29) is 17.4 Å². The molecule has 2 unspecified atom stereocenters. The van der Waals surface area contributed by atoms with Crippen molar-refractivity contribution in [2.45, 2.75) is 10.8 Å². The standard InChI is InChI=1S/C10H19Cl3OS3/c11-1-3-15-5-9(12)7-17-8-10(13)6-16-4-2-14/h9-10,14H,1-8H2. The molecule has 2 atom stereocenters. The lowest BCUT2D eigenvalue weighted by molar-refractivity contribution is 0.322. The number of hydrogen-bond donors (Lipinski definition) is 1. The van der Waals surface area contributed by atoms with Crippen molar-refractivity contribution < 1.29 is 5.11 Å². The van der Waals surface area contributed by atoms with Crippen LogP contribution in [0.25, 0.3) is 0 Å². The third-order valence-electron chi connectivity index (χ3n) is 1.65. The molecule has 0 aliphatic rings. The molecule has 0 aromatic carbocycles. The van der Waals surface area contributed by atoms with Crippen LogP contribution < -0.4 is 0 Å². The van der Waals surface area contributed by atoms with Crippen LogP contribution in [0.4, 0.5) is 0 Å². The van der Waals surface area contributed by atoms with Crippen LogP contribution in [0.5, 0.6) is 0 Å². The maximum absolute atomic E-state index is 8.63. The monoisotopic (exact) mass is 356 g/mol. The van der Waals surface area contributed by atoms with Gasteiger partial charge in [-0.25, -0.2) is 0 Å². The van der Waals surface area contributed by atoms with Gasteiger partial charge in [-0.2, -0.15) is 35.3 Å². The Morgan fingerprint density at radius 2 is 1.29 bits per heavy atom. The summed E-state index contributed by atoms with van der Waals surface area (Å²) < 4.78 is 0. The van der Waals surface area contributed by atoms with Crippen LogP contribution in [-0.2, 0) is 0 Å². The van der Waals surface area contributed by atoms with Crippen molar-refractivity contribution >= 4 is 70.1 Å². The first kappa shape index (κ1) is 18.9. The Labute approximate surface area is 132 Å². The molecular formula is C10H19Cl3OS3. The Balaban J connectivity index is 3.29. The highest BCUT2D eigenvalue weighted by Crippen LogP contribution is 2.18. The molecule has 0 aromatic rings. The van der Waals surface area contributed by atoms with Gasteiger partial charge in [0.15, 0.2) is 0 Å². The van der Waals surface area contributed by atoms with Crippen molar-refractivity contribution in [3.8, 4) is 0 Å². The molecule has 0 amide bonds. The van der Waals surface area contributed by atoms with Gasteiger partial charge in [0, 0.05) is 40.4 Å². The second kappa shape index (κ2) is 14.3. The van der Waals surface area contributed by atoms with E-state index in [4.69, 9.17) is 39.9 Å². The molecule has 17 heavy (non-hydrogen) atoms. The second-order valence-corrected chi connectivity index (χ2v) is 8.28. The summed E-state index contributed by atoms with van der Waals surface area (Å²) in [4.78, 5) is 0. The molecular weight excluding hydrogens is 339 g/mol. The molecule has 7 heteroatoms. The maximum atomic E-state index is 8.63. The number of rotatable bonds is 12. The minimum atomic E-state index is 0.163. The van der Waals surface area contributed by atoms with Gasteiger partial charge in [0.25, 0.3) is 0 Å². The van der Waals surface area contributed by atoms with Crippen LogP contribution in [0.15, 0.2) is 0 Å². The molecule has 0 bridgehead atoms. The SMILES string of the molecule is OCCSCC(Cl)CSCC(Cl)CSCCCl. The van der Waals surface area contributed by atoms with Crippen molar-refractivity contribution in [2.75, 3.05) is 47.0 Å². The Kier molecular flexibility index (Phi) is 15.9. The predicted molar refractivity (Wildman–Crippen MR) is 89.1 cm³/mol. The van der Waals surface area contributed by atoms with E-state index >= 15 is 0 Å². The third kappa shape index (κ3) is 14.1. The fourth-order valence-electron chi connectivity index (χ4n) is 0.962. The first-order valence-corrected chi connectivity index (χ1v) is 10.3. The van der Waals surface area contributed by atoms with E-state index < -0.39 is 0 Å². The normalized spacial score (nSPS) is 14.8. The lowest BCUT2D eigenvalue weighted by Crippen LogP contribution is -2.12. The average Bonchev–Trinajstić information content (AvgIpc) is 2.30. The van der Waals surface area contributed by atoms with Crippen molar-refractivity contribution in [3.63, 3.8) is 0 Å². The molecule has 104 valence electrons. The van der Waals surface area contributed by atoms with Crippen molar-refractivity contribution in [3.05, 3.63) is 0 Å². The van der Waals surface area contributed by atoms with Crippen LogP contribution in [0.3, 0.4) is 0 Å². The van der Waals surface area contributed by atoms with Gasteiger partial charge in [0.2, 0.25) is 0 Å². The van der Waals surface area contributed by atoms with Crippen molar-refractivity contribution in [2.24, 2.45) is 0 Å². The average molecular weight is 358 g/mol. The summed E-state index contributed by atoms with van der Waals surface area (Å²) in [7, 11) is 0. The topological polar surface area (TPSA) is 20.2 Å². The highest BCUT2D eigenvalue weighted by atomic mass is 35.5. The second-order valence-electron chi connectivity index (χ2n) is 3.29. The largest absolute Gasteiger partial charge is 0.396 e. The molecule has 0 radical (unpaired) electrons. The first-order chi connectivity index (χ1) is 8.20. The molecule has 0 aliphatic heterocycles. The van der Waals surface area contributed by atoms with Gasteiger partial charge in [-0.05, 0) is 0 Å². The van der Waals surface area contributed by atoms with E-state index in [2.05, 4.69) is 0 Å². The van der Waals surface area contributed by atoms with Crippen LogP contribution in [0, 0.1) is 0 Å². The summed E-state index contributed by atoms with van der Waals surface area (Å²) in [6, 6.07) is 0. The zero-order chi connectivity index (χ0) is 12.9. The van der Waals surface area contributed by atoms with Gasteiger partial charge < -0.3 is 5.11 Å². The Morgan fingerprint density at radius 3 is 1.76 bits per heavy atom. The predicted octanol–water partition coefficient (Wildman–Crippen LogP) is 3.63. The summed E-state index contributed by atoms with van der Waals surface area (Å²) in [6.45, 7) is 0.225. The van der Waals surface area contributed by atoms with Crippen LogP contribution >= 0.6 is 70.1 Å². The minimum absolute atomic E-state index is 0.163. The molecule has 0 aliphatic carbocycles. The molecule has 0 spiro atoms. The van der Waals surface area contributed by atoms with Gasteiger partial charge in [-0.15, -0.1) is 34.8 Å². The third-order valence-corrected chi connectivity index (χ3v) is 6.93. The molecule has 1 nitrogen and oxygen atoms in total. The highest BCUT2D eigenvalue weighted by molar-refractivity contribution is 8.00. The quantitative estimate of drug-likeness (QED) is 0.425. The number of alkyl halides is 3. The van der Waals surface area contributed by atoms with Gasteiger partial charge >= 0.3 is 0 Å². The van der Waals surface area contributed by atoms with Crippen LogP contribution in [0.2, 0.25) is 0 Å². The van der Waals surface area contributed by atoms with Gasteiger partial charge in [0.05, 0.1) is 17.4 Å². The van der Waals surface area contributed by atoms with Gasteiger partial charge in [0.1, 0.15) is 0 Å². The first-order valence-electron chi connectivity index (χ1n) is 5.38. The minimum Gasteiger partial charge on any atom is -0.396 e. The van der Waals surface area contributed by atoms with Crippen LogP contribution in [0.1, 0.15) is 0 Å².